The van der Waals surface area contributed by atoms with Crippen LogP contribution in [0.2, 0.25) is 0 Å². The SMILES string of the molecule is O=S(=O)(c1ccccc1)C(/C(=C(\I)c1ccccc1)c1ccccc1)c1ccccc1. The van der Waals surface area contributed by atoms with Crippen LogP contribution in [-0.4, -0.2) is 8.42 Å². The Kier molecular flexibility index (Phi) is 6.68. The van der Waals surface area contributed by atoms with Gasteiger partial charge >= 0.3 is 0 Å². The fraction of sp³-hybridized carbons (Fsp3) is 0.0370. The van der Waals surface area contributed by atoms with Crippen LogP contribution in [0.4, 0.5) is 0 Å². The molecule has 4 heteroatoms. The van der Waals surface area contributed by atoms with Gasteiger partial charge in [-0.15, -0.1) is 0 Å². The first kappa shape index (κ1) is 21.5. The molecule has 4 aromatic rings. The van der Waals surface area contributed by atoms with Gasteiger partial charge in [0, 0.05) is 3.58 Å². The summed E-state index contributed by atoms with van der Waals surface area (Å²) in [5.41, 5.74) is 3.41. The first-order valence-corrected chi connectivity index (χ1v) is 12.6. The molecule has 0 radical (unpaired) electrons. The molecule has 0 aliphatic heterocycles. The van der Waals surface area contributed by atoms with E-state index < -0.39 is 15.1 Å². The van der Waals surface area contributed by atoms with E-state index in [1.807, 2.05) is 97.1 Å². The second-order valence-electron chi connectivity index (χ2n) is 7.11. The molecule has 0 fully saturated rings. The van der Waals surface area contributed by atoms with Gasteiger partial charge in [-0.2, -0.15) is 0 Å². The van der Waals surface area contributed by atoms with Gasteiger partial charge < -0.3 is 0 Å². The van der Waals surface area contributed by atoms with Crippen LogP contribution in [0.15, 0.2) is 126 Å². The van der Waals surface area contributed by atoms with E-state index in [2.05, 4.69) is 22.6 Å². The summed E-state index contributed by atoms with van der Waals surface area (Å²) in [4.78, 5) is 0.314. The maximum Gasteiger partial charge on any atom is 0.189 e. The van der Waals surface area contributed by atoms with Crippen LogP contribution in [-0.2, 0) is 9.84 Å². The average molecular weight is 536 g/mol. The number of halogens is 1. The number of benzene rings is 4. The molecule has 0 amide bonds. The van der Waals surface area contributed by atoms with E-state index in [1.54, 1.807) is 24.3 Å². The Hall–Kier alpha value is -2.70. The summed E-state index contributed by atoms with van der Waals surface area (Å²) in [7, 11) is -3.72. The van der Waals surface area contributed by atoms with Gasteiger partial charge in [0.05, 0.1) is 4.90 Å². The smallest absolute Gasteiger partial charge is 0.189 e. The Bertz CT molecular complexity index is 1270. The van der Waals surface area contributed by atoms with Gasteiger partial charge in [-0.25, -0.2) is 8.42 Å². The molecule has 0 spiro atoms. The number of hydrogen-bond acceptors (Lipinski definition) is 2. The number of hydrogen-bond donors (Lipinski definition) is 0. The van der Waals surface area contributed by atoms with Gasteiger partial charge in [0.1, 0.15) is 5.25 Å². The molecule has 4 rings (SSSR count). The van der Waals surface area contributed by atoms with Crippen LogP contribution >= 0.6 is 22.6 Å². The summed E-state index contributed by atoms with van der Waals surface area (Å²) in [6, 6.07) is 37.9. The third kappa shape index (κ3) is 4.65. The van der Waals surface area contributed by atoms with Crippen molar-refractivity contribution in [1.82, 2.24) is 0 Å². The van der Waals surface area contributed by atoms with Gasteiger partial charge in [-0.05, 0) is 57.0 Å². The minimum absolute atomic E-state index is 0.314. The highest BCUT2D eigenvalue weighted by molar-refractivity contribution is 14.1. The Morgan fingerprint density at radius 1 is 0.581 bits per heavy atom. The highest BCUT2D eigenvalue weighted by atomic mass is 127. The van der Waals surface area contributed by atoms with Crippen LogP contribution in [0, 0.1) is 0 Å². The van der Waals surface area contributed by atoms with Crippen molar-refractivity contribution < 1.29 is 8.42 Å². The lowest BCUT2D eigenvalue weighted by Gasteiger charge is -2.24. The average Bonchev–Trinajstić information content (AvgIpc) is 2.84. The fourth-order valence-corrected chi connectivity index (χ4v) is 6.71. The highest BCUT2D eigenvalue weighted by Crippen LogP contribution is 2.46. The second-order valence-corrected chi connectivity index (χ2v) is 10.2. The van der Waals surface area contributed by atoms with E-state index in [4.69, 9.17) is 0 Å². The van der Waals surface area contributed by atoms with Crippen molar-refractivity contribution in [2.24, 2.45) is 0 Å². The van der Waals surface area contributed by atoms with E-state index >= 15 is 0 Å². The molecule has 0 saturated heterocycles. The minimum Gasteiger partial charge on any atom is -0.223 e. The second kappa shape index (κ2) is 9.62. The predicted molar refractivity (Wildman–Crippen MR) is 137 cm³/mol. The van der Waals surface area contributed by atoms with Crippen molar-refractivity contribution in [1.29, 1.82) is 0 Å². The van der Waals surface area contributed by atoms with Crippen molar-refractivity contribution in [3.8, 4) is 0 Å². The van der Waals surface area contributed by atoms with Crippen molar-refractivity contribution >= 4 is 41.6 Å². The lowest BCUT2D eigenvalue weighted by Crippen LogP contribution is -2.16. The van der Waals surface area contributed by atoms with E-state index in [-0.39, 0.29) is 0 Å². The summed E-state index contributed by atoms with van der Waals surface area (Å²) in [6.45, 7) is 0. The third-order valence-electron chi connectivity index (χ3n) is 5.10. The summed E-state index contributed by atoms with van der Waals surface area (Å²) in [5, 5.41) is -0.842. The van der Waals surface area contributed by atoms with Crippen molar-refractivity contribution in [3.63, 3.8) is 0 Å². The molecule has 154 valence electrons. The quantitative estimate of drug-likeness (QED) is 0.193. The molecule has 0 aliphatic carbocycles. The molecule has 31 heavy (non-hydrogen) atoms. The van der Waals surface area contributed by atoms with Crippen molar-refractivity contribution in [2.45, 2.75) is 10.1 Å². The van der Waals surface area contributed by atoms with E-state index in [0.717, 1.165) is 25.8 Å². The molecule has 1 atom stereocenters. The maximum atomic E-state index is 14.0. The zero-order valence-corrected chi connectivity index (χ0v) is 19.7. The summed E-state index contributed by atoms with van der Waals surface area (Å²) in [5.74, 6) is 0. The van der Waals surface area contributed by atoms with Gasteiger partial charge in [0.15, 0.2) is 9.84 Å². The third-order valence-corrected chi connectivity index (χ3v) is 8.36. The molecule has 0 N–H and O–H groups in total. The largest absolute Gasteiger partial charge is 0.223 e. The Morgan fingerprint density at radius 3 is 1.52 bits per heavy atom. The first-order valence-electron chi connectivity index (χ1n) is 9.93. The topological polar surface area (TPSA) is 34.1 Å². The molecular weight excluding hydrogens is 515 g/mol. The number of sulfone groups is 1. The predicted octanol–water partition coefficient (Wildman–Crippen LogP) is 7.21. The highest BCUT2D eigenvalue weighted by Gasteiger charge is 2.34. The zero-order valence-electron chi connectivity index (χ0n) is 16.7. The normalized spacial score (nSPS) is 13.3. The molecular formula is C27H21IO2S. The van der Waals surface area contributed by atoms with Crippen LogP contribution in [0.3, 0.4) is 0 Å². The van der Waals surface area contributed by atoms with E-state index in [0.29, 0.717) is 4.90 Å². The molecule has 0 bridgehead atoms. The fourth-order valence-electron chi connectivity index (χ4n) is 3.63. The Morgan fingerprint density at radius 2 is 1.00 bits per heavy atom. The lowest BCUT2D eigenvalue weighted by molar-refractivity contribution is 0.591. The molecule has 4 aromatic carbocycles. The standard InChI is InChI=1S/C27H21IO2S/c28-26(22-15-7-2-8-16-22)25(21-13-5-1-6-14-21)27(23-17-9-3-10-18-23)31(29,30)24-19-11-4-12-20-24/h1-20,27H/b26-25-. The van der Waals surface area contributed by atoms with Crippen LogP contribution in [0.5, 0.6) is 0 Å². The van der Waals surface area contributed by atoms with Gasteiger partial charge in [-0.1, -0.05) is 109 Å². The van der Waals surface area contributed by atoms with Crippen molar-refractivity contribution in [2.75, 3.05) is 0 Å². The van der Waals surface area contributed by atoms with Crippen LogP contribution < -0.4 is 0 Å². The Balaban J connectivity index is 2.05. The maximum absolute atomic E-state index is 14.0. The van der Waals surface area contributed by atoms with Crippen LogP contribution in [0.1, 0.15) is 21.9 Å². The first-order chi connectivity index (χ1) is 15.1. The van der Waals surface area contributed by atoms with E-state index in [1.165, 1.54) is 0 Å². The zero-order chi connectivity index (χ0) is 21.7. The van der Waals surface area contributed by atoms with Crippen LogP contribution in [0.25, 0.3) is 9.15 Å². The monoisotopic (exact) mass is 536 g/mol. The lowest BCUT2D eigenvalue weighted by atomic mass is 9.95. The van der Waals surface area contributed by atoms with Gasteiger partial charge in [-0.3, -0.25) is 0 Å². The molecule has 0 heterocycles. The Labute approximate surface area is 197 Å². The molecule has 0 aliphatic rings. The van der Waals surface area contributed by atoms with Gasteiger partial charge in [0.25, 0.3) is 0 Å². The molecule has 0 aromatic heterocycles. The molecule has 0 saturated carbocycles. The van der Waals surface area contributed by atoms with Gasteiger partial charge in [0.2, 0.25) is 0 Å². The summed E-state index contributed by atoms with van der Waals surface area (Å²) in [6.07, 6.45) is 0. The minimum atomic E-state index is -3.72. The summed E-state index contributed by atoms with van der Waals surface area (Å²) < 4.78 is 29.0. The molecule has 1 unspecified atom stereocenters. The van der Waals surface area contributed by atoms with Crippen molar-refractivity contribution in [3.05, 3.63) is 138 Å². The number of rotatable bonds is 6. The molecule has 2 nitrogen and oxygen atoms in total. The summed E-state index contributed by atoms with van der Waals surface area (Å²) >= 11 is 2.29. The van der Waals surface area contributed by atoms with E-state index in [9.17, 15) is 8.42 Å².